The first-order valence-corrected chi connectivity index (χ1v) is 9.00. The van der Waals surface area contributed by atoms with E-state index in [0.717, 1.165) is 12.8 Å². The highest BCUT2D eigenvalue weighted by molar-refractivity contribution is 14.0. The van der Waals surface area contributed by atoms with Crippen molar-refractivity contribution in [3.63, 3.8) is 0 Å². The molecule has 1 aromatic carbocycles. The van der Waals surface area contributed by atoms with Gasteiger partial charge in [-0.1, -0.05) is 18.2 Å². The lowest BCUT2D eigenvalue weighted by Gasteiger charge is -2.31. The summed E-state index contributed by atoms with van der Waals surface area (Å²) in [5.41, 5.74) is 6.56. The van der Waals surface area contributed by atoms with Crippen LogP contribution in [0.5, 0.6) is 5.75 Å². The Balaban J connectivity index is 0.00000392. The summed E-state index contributed by atoms with van der Waals surface area (Å²) in [6, 6.07) is 6.76. The minimum atomic E-state index is -2.86. The Labute approximate surface area is 180 Å². The van der Waals surface area contributed by atoms with Crippen molar-refractivity contribution >= 4 is 36.0 Å². The van der Waals surface area contributed by atoms with Crippen molar-refractivity contribution in [3.8, 4) is 5.75 Å². The van der Waals surface area contributed by atoms with E-state index in [9.17, 15) is 13.6 Å². The number of benzene rings is 1. The third-order valence-electron chi connectivity index (χ3n) is 4.22. The largest absolute Gasteiger partial charge is 0.450 e. The second-order valence-corrected chi connectivity index (χ2v) is 6.11. The van der Waals surface area contributed by atoms with E-state index in [1.807, 2.05) is 0 Å². The zero-order valence-electron chi connectivity index (χ0n) is 15.8. The van der Waals surface area contributed by atoms with E-state index in [-0.39, 0.29) is 41.9 Å². The number of rotatable bonds is 7. The van der Waals surface area contributed by atoms with E-state index < -0.39 is 6.61 Å². The number of carbonyl (C=O) groups excluding carboxylic acids is 1. The van der Waals surface area contributed by atoms with E-state index in [0.29, 0.717) is 44.2 Å². The number of guanidine groups is 1. The van der Waals surface area contributed by atoms with E-state index in [2.05, 4.69) is 15.0 Å². The molecule has 1 heterocycles. The number of ether oxygens (including phenoxy) is 2. The Hall–Kier alpha value is -1.85. The maximum Gasteiger partial charge on any atom is 0.409 e. The maximum absolute atomic E-state index is 12.4. The Morgan fingerprint density at radius 3 is 2.68 bits per heavy atom. The van der Waals surface area contributed by atoms with Crippen LogP contribution < -0.4 is 15.8 Å². The number of nitrogens with two attached hydrogens (primary N) is 1. The standard InChI is InChI=1S/C18H26F2N4O3.HI/c1-2-26-18(25)24-11-8-14(9-12-24)23-17(21)22-10-7-13-5-3-4-6-15(13)27-16(19)20;/h3-6,14,16H,2,7-12H2,1H3,(H3,21,22,23);1H. The molecule has 0 atom stereocenters. The summed E-state index contributed by atoms with van der Waals surface area (Å²) < 4.78 is 34.3. The number of hydrogen-bond acceptors (Lipinski definition) is 4. The third-order valence-corrected chi connectivity index (χ3v) is 4.22. The molecule has 0 aromatic heterocycles. The summed E-state index contributed by atoms with van der Waals surface area (Å²) in [7, 11) is 0. The molecule has 0 saturated carbocycles. The maximum atomic E-state index is 12.4. The van der Waals surface area contributed by atoms with Crippen molar-refractivity contribution in [2.75, 3.05) is 26.2 Å². The van der Waals surface area contributed by atoms with Crippen LogP contribution in [0.2, 0.25) is 0 Å². The fourth-order valence-electron chi connectivity index (χ4n) is 2.89. The molecule has 0 bridgehead atoms. The van der Waals surface area contributed by atoms with Crippen molar-refractivity contribution in [2.45, 2.75) is 38.8 Å². The molecule has 1 fully saturated rings. The van der Waals surface area contributed by atoms with Gasteiger partial charge in [-0.2, -0.15) is 8.78 Å². The van der Waals surface area contributed by atoms with Gasteiger partial charge in [-0.3, -0.25) is 4.99 Å². The number of hydrogen-bond donors (Lipinski definition) is 2. The van der Waals surface area contributed by atoms with Crippen LogP contribution in [-0.2, 0) is 11.2 Å². The molecule has 0 radical (unpaired) electrons. The smallest absolute Gasteiger partial charge is 0.409 e. The molecule has 1 aliphatic rings. The monoisotopic (exact) mass is 512 g/mol. The first-order chi connectivity index (χ1) is 13.0. The first kappa shape index (κ1) is 24.2. The van der Waals surface area contributed by atoms with Gasteiger partial charge in [0.15, 0.2) is 5.96 Å². The topological polar surface area (TPSA) is 89.2 Å². The first-order valence-electron chi connectivity index (χ1n) is 9.00. The molecular weight excluding hydrogens is 485 g/mol. The highest BCUT2D eigenvalue weighted by Gasteiger charge is 2.23. The molecule has 1 aliphatic heterocycles. The van der Waals surface area contributed by atoms with Gasteiger partial charge in [-0.25, -0.2) is 4.79 Å². The molecule has 2 rings (SSSR count). The molecule has 7 nitrogen and oxygen atoms in total. The van der Waals surface area contributed by atoms with Gasteiger partial charge >= 0.3 is 12.7 Å². The summed E-state index contributed by atoms with van der Waals surface area (Å²) in [5, 5.41) is 3.14. The lowest BCUT2D eigenvalue weighted by molar-refractivity contribution is -0.0504. The van der Waals surface area contributed by atoms with Gasteiger partial charge in [0.25, 0.3) is 0 Å². The number of piperidine rings is 1. The quantitative estimate of drug-likeness (QED) is 0.333. The van der Waals surface area contributed by atoms with Crippen LogP contribution in [-0.4, -0.2) is 55.8 Å². The number of alkyl halides is 2. The predicted octanol–water partition coefficient (Wildman–Crippen LogP) is 2.97. The normalized spacial score (nSPS) is 15.1. The fourth-order valence-corrected chi connectivity index (χ4v) is 2.89. The highest BCUT2D eigenvalue weighted by Crippen LogP contribution is 2.20. The van der Waals surface area contributed by atoms with Gasteiger partial charge in [0.2, 0.25) is 0 Å². The Morgan fingerprint density at radius 1 is 1.36 bits per heavy atom. The Kier molecular flexibility index (Phi) is 10.9. The zero-order chi connectivity index (χ0) is 19.6. The van der Waals surface area contributed by atoms with E-state index in [4.69, 9.17) is 10.5 Å². The zero-order valence-corrected chi connectivity index (χ0v) is 18.1. The average Bonchev–Trinajstić information content (AvgIpc) is 2.63. The molecule has 0 spiro atoms. The summed E-state index contributed by atoms with van der Waals surface area (Å²) in [5.74, 6) is 0.456. The molecule has 0 aliphatic carbocycles. The number of halogens is 3. The van der Waals surface area contributed by atoms with Gasteiger partial charge in [0, 0.05) is 25.7 Å². The minimum Gasteiger partial charge on any atom is -0.450 e. The SMILES string of the molecule is CCOC(=O)N1CCC(NC(N)=NCCc2ccccc2OC(F)F)CC1.I. The lowest BCUT2D eigenvalue weighted by atomic mass is 10.1. The van der Waals surface area contributed by atoms with E-state index in [1.54, 1.807) is 30.0 Å². The van der Waals surface area contributed by atoms with Gasteiger partial charge in [-0.15, -0.1) is 24.0 Å². The van der Waals surface area contributed by atoms with Crippen molar-refractivity contribution in [1.82, 2.24) is 10.2 Å². The second-order valence-electron chi connectivity index (χ2n) is 6.11. The van der Waals surface area contributed by atoms with E-state index >= 15 is 0 Å². The van der Waals surface area contributed by atoms with Crippen LogP contribution >= 0.6 is 24.0 Å². The third kappa shape index (κ3) is 8.03. The number of nitrogens with zero attached hydrogens (tertiary/aromatic N) is 2. The minimum absolute atomic E-state index is 0. The summed E-state index contributed by atoms with van der Waals surface area (Å²) in [6.07, 6.45) is 1.65. The van der Waals surface area contributed by atoms with Crippen molar-refractivity contribution in [3.05, 3.63) is 29.8 Å². The second kappa shape index (κ2) is 12.6. The average molecular weight is 512 g/mol. The number of nitrogens with one attached hydrogen (secondary N) is 1. The molecule has 1 saturated heterocycles. The van der Waals surface area contributed by atoms with Gasteiger partial charge < -0.3 is 25.4 Å². The summed E-state index contributed by atoms with van der Waals surface area (Å²) >= 11 is 0. The summed E-state index contributed by atoms with van der Waals surface area (Å²) in [4.78, 5) is 17.6. The summed E-state index contributed by atoms with van der Waals surface area (Å²) in [6.45, 7) is 0.833. The van der Waals surface area contributed by atoms with Crippen molar-refractivity contribution < 1.29 is 23.0 Å². The number of likely N-dealkylation sites (tertiary alicyclic amines) is 1. The van der Waals surface area contributed by atoms with Crippen LogP contribution in [0.4, 0.5) is 13.6 Å². The number of carbonyl (C=O) groups is 1. The molecule has 10 heteroatoms. The van der Waals surface area contributed by atoms with Crippen LogP contribution in [0.3, 0.4) is 0 Å². The Morgan fingerprint density at radius 2 is 2.04 bits per heavy atom. The van der Waals surface area contributed by atoms with Crippen LogP contribution in [0.25, 0.3) is 0 Å². The van der Waals surface area contributed by atoms with Crippen molar-refractivity contribution in [1.29, 1.82) is 0 Å². The van der Waals surface area contributed by atoms with Gasteiger partial charge in [0.1, 0.15) is 5.75 Å². The van der Waals surface area contributed by atoms with Crippen LogP contribution in [0.15, 0.2) is 29.3 Å². The fraction of sp³-hybridized carbons (Fsp3) is 0.556. The predicted molar refractivity (Wildman–Crippen MR) is 113 cm³/mol. The molecule has 158 valence electrons. The van der Waals surface area contributed by atoms with E-state index in [1.165, 1.54) is 6.07 Å². The molecule has 0 unspecified atom stereocenters. The molecular formula is C18H27F2IN4O3. The molecule has 1 amide bonds. The number of amides is 1. The Bertz CT molecular complexity index is 641. The van der Waals surface area contributed by atoms with Crippen LogP contribution in [0, 0.1) is 0 Å². The van der Waals surface area contributed by atoms with Crippen molar-refractivity contribution in [2.24, 2.45) is 10.7 Å². The number of para-hydroxylation sites is 1. The molecule has 3 N–H and O–H groups in total. The highest BCUT2D eigenvalue weighted by atomic mass is 127. The lowest BCUT2D eigenvalue weighted by Crippen LogP contribution is -2.48. The molecule has 1 aromatic rings. The number of aliphatic imine (C=N–C) groups is 1. The van der Waals surface area contributed by atoms with Gasteiger partial charge in [0.05, 0.1) is 6.61 Å². The van der Waals surface area contributed by atoms with Gasteiger partial charge in [-0.05, 0) is 37.8 Å². The molecule has 28 heavy (non-hydrogen) atoms. The van der Waals surface area contributed by atoms with Crippen LogP contribution in [0.1, 0.15) is 25.3 Å².